The minimum absolute atomic E-state index is 0.195. The zero-order valence-corrected chi connectivity index (χ0v) is 24.1. The van der Waals surface area contributed by atoms with E-state index in [1.165, 1.54) is 16.5 Å². The Bertz CT molecular complexity index is 1730. The Labute approximate surface area is 242 Å². The van der Waals surface area contributed by atoms with Gasteiger partial charge in [-0.25, -0.2) is 15.0 Å². The molecule has 0 radical (unpaired) electrons. The number of hydrogen-bond donors (Lipinski definition) is 1. The molecule has 0 aromatic carbocycles. The fourth-order valence-electron chi connectivity index (χ4n) is 5.58. The van der Waals surface area contributed by atoms with Gasteiger partial charge >= 0.3 is 0 Å². The second-order valence-corrected chi connectivity index (χ2v) is 11.5. The molecule has 2 aliphatic rings. The molecule has 41 heavy (non-hydrogen) atoms. The molecular formula is C28H26BrFN8O3. The van der Waals surface area contributed by atoms with Crippen LogP contribution in [-0.2, 0) is 16.1 Å². The summed E-state index contributed by atoms with van der Waals surface area (Å²) in [6, 6.07) is 4.05. The number of halogens is 2. The van der Waals surface area contributed by atoms with Crippen LogP contribution in [0.3, 0.4) is 0 Å². The number of aryl methyl sites for hydroxylation is 2. The van der Waals surface area contributed by atoms with Crippen LogP contribution >= 0.6 is 15.9 Å². The number of ketones is 1. The maximum Gasteiger partial charge on any atom is 0.248 e. The van der Waals surface area contributed by atoms with Crippen molar-refractivity contribution in [2.24, 2.45) is 5.41 Å². The minimum atomic E-state index is -0.863. The van der Waals surface area contributed by atoms with Crippen LogP contribution in [0, 0.1) is 19.3 Å². The van der Waals surface area contributed by atoms with Crippen molar-refractivity contribution >= 4 is 50.2 Å². The van der Waals surface area contributed by atoms with E-state index in [1.807, 2.05) is 13.0 Å². The lowest BCUT2D eigenvalue weighted by atomic mass is 10.0. The highest BCUT2D eigenvalue weighted by atomic mass is 79.9. The lowest BCUT2D eigenvalue weighted by molar-refractivity contribution is -0.138. The highest BCUT2D eigenvalue weighted by Gasteiger charge is 2.67. The van der Waals surface area contributed by atoms with E-state index in [2.05, 4.69) is 46.3 Å². The predicted octanol–water partition coefficient (Wildman–Crippen LogP) is 3.83. The number of pyridine rings is 2. The van der Waals surface area contributed by atoms with E-state index in [0.717, 1.165) is 5.56 Å². The molecule has 1 N–H and O–H groups in total. The Balaban J connectivity index is 1.30. The molecule has 4 aromatic heterocycles. The number of alkyl halides is 1. The lowest BCUT2D eigenvalue weighted by Crippen LogP contribution is -2.47. The van der Waals surface area contributed by atoms with Crippen molar-refractivity contribution in [1.82, 2.24) is 34.6 Å². The van der Waals surface area contributed by atoms with Crippen LogP contribution in [0.25, 0.3) is 22.2 Å². The monoisotopic (exact) mass is 620 g/mol. The summed E-state index contributed by atoms with van der Waals surface area (Å²) in [6.07, 6.45) is 5.56. The summed E-state index contributed by atoms with van der Waals surface area (Å²) in [5, 5.41) is 7.79. The van der Waals surface area contributed by atoms with Crippen molar-refractivity contribution in [2.75, 3.05) is 12.0 Å². The van der Waals surface area contributed by atoms with E-state index in [-0.39, 0.29) is 30.5 Å². The number of piperidine rings is 1. The molecule has 1 saturated heterocycles. The van der Waals surface area contributed by atoms with E-state index in [9.17, 15) is 18.8 Å². The smallest absolute Gasteiger partial charge is 0.248 e. The van der Waals surface area contributed by atoms with Gasteiger partial charge in [0.1, 0.15) is 34.5 Å². The molecule has 1 aliphatic carbocycles. The summed E-state index contributed by atoms with van der Waals surface area (Å²) in [7, 11) is 0. The van der Waals surface area contributed by atoms with Gasteiger partial charge in [0.2, 0.25) is 11.8 Å². The standard InChI is InChI=1S/C28H26BrFN8O3/c1-14-4-5-23(29)34-26(14)35-27(41)20-7-28(13-30)8-22(28)38(20)24(40)12-37-21-11-33-19(17-9-31-16(3)32-10-17)6-18(21)25(36-37)15(2)39/h4-6,9-11,20,22H,7-8,12-13H2,1-3H3,(H,34,35,41)/t20-,22-,28+/m0/s1. The number of rotatable bonds is 7. The van der Waals surface area contributed by atoms with Gasteiger partial charge < -0.3 is 10.2 Å². The van der Waals surface area contributed by atoms with Crippen LogP contribution in [0.2, 0.25) is 0 Å². The number of nitrogens with zero attached hydrogens (tertiary/aromatic N) is 7. The number of aromatic nitrogens is 6. The quantitative estimate of drug-likeness (QED) is 0.243. The van der Waals surface area contributed by atoms with E-state index in [1.54, 1.807) is 37.6 Å². The number of fused-ring (bicyclic) bond motifs is 2. The Hall–Kier alpha value is -4.13. The van der Waals surface area contributed by atoms with Gasteiger partial charge in [-0.05, 0) is 60.3 Å². The molecule has 210 valence electrons. The van der Waals surface area contributed by atoms with Crippen molar-refractivity contribution < 1.29 is 18.8 Å². The molecule has 6 rings (SSSR count). The van der Waals surface area contributed by atoms with Crippen molar-refractivity contribution in [3.8, 4) is 11.3 Å². The van der Waals surface area contributed by atoms with E-state index in [0.29, 0.717) is 44.8 Å². The molecule has 3 atom stereocenters. The molecule has 0 spiro atoms. The zero-order valence-electron chi connectivity index (χ0n) is 22.6. The van der Waals surface area contributed by atoms with E-state index < -0.39 is 29.9 Å². The summed E-state index contributed by atoms with van der Waals surface area (Å²) in [4.78, 5) is 58.4. The van der Waals surface area contributed by atoms with Crippen molar-refractivity contribution in [1.29, 1.82) is 0 Å². The van der Waals surface area contributed by atoms with Gasteiger partial charge in [0.25, 0.3) is 0 Å². The van der Waals surface area contributed by atoms with Crippen molar-refractivity contribution in [2.45, 2.75) is 52.2 Å². The number of carbonyl (C=O) groups is 3. The Kier molecular flexibility index (Phi) is 6.63. The molecule has 4 aromatic rings. The van der Waals surface area contributed by atoms with Crippen LogP contribution in [0.15, 0.2) is 41.4 Å². The highest BCUT2D eigenvalue weighted by Crippen LogP contribution is 2.60. The fraction of sp³-hybridized carbons (Fsp3) is 0.357. The predicted molar refractivity (Wildman–Crippen MR) is 151 cm³/mol. The molecule has 1 aliphatic heterocycles. The third-order valence-corrected chi connectivity index (χ3v) is 8.35. The van der Waals surface area contributed by atoms with Crippen LogP contribution < -0.4 is 5.32 Å². The van der Waals surface area contributed by atoms with E-state index >= 15 is 0 Å². The maximum absolute atomic E-state index is 14.1. The summed E-state index contributed by atoms with van der Waals surface area (Å²) < 4.78 is 16.1. The van der Waals surface area contributed by atoms with Gasteiger partial charge in [-0.2, -0.15) is 5.10 Å². The molecule has 2 amide bonds. The summed E-state index contributed by atoms with van der Waals surface area (Å²) in [6.45, 7) is 4.14. The third-order valence-electron chi connectivity index (χ3n) is 7.91. The van der Waals surface area contributed by atoms with Gasteiger partial charge in [0, 0.05) is 41.7 Å². The number of carbonyl (C=O) groups excluding carboxylic acids is 3. The molecular weight excluding hydrogens is 595 g/mol. The molecule has 0 bridgehead atoms. The molecule has 2 fully saturated rings. The number of Topliss-reactive ketones (excluding diaryl/α,β-unsaturated/α-hetero) is 1. The normalized spacial score (nSPS) is 21.1. The molecule has 13 heteroatoms. The number of hydrogen-bond acceptors (Lipinski definition) is 8. The van der Waals surface area contributed by atoms with Crippen molar-refractivity contribution in [3.05, 3.63) is 58.5 Å². The van der Waals surface area contributed by atoms with Crippen LogP contribution in [0.5, 0.6) is 0 Å². The summed E-state index contributed by atoms with van der Waals surface area (Å²) in [5.41, 5.74) is 1.95. The lowest BCUT2D eigenvalue weighted by Gasteiger charge is -2.27. The molecule has 5 heterocycles. The largest absolute Gasteiger partial charge is 0.325 e. The first kappa shape index (κ1) is 27.1. The number of nitrogens with one attached hydrogen (secondary N) is 1. The second kappa shape index (κ2) is 10.1. The van der Waals surface area contributed by atoms with Gasteiger partial charge in [-0.3, -0.25) is 28.4 Å². The third kappa shape index (κ3) is 4.77. The van der Waals surface area contributed by atoms with E-state index in [4.69, 9.17) is 0 Å². The van der Waals surface area contributed by atoms with Gasteiger partial charge in [0.15, 0.2) is 5.78 Å². The minimum Gasteiger partial charge on any atom is -0.325 e. The molecule has 11 nitrogen and oxygen atoms in total. The first-order valence-electron chi connectivity index (χ1n) is 13.1. The Morgan fingerprint density at radius 3 is 2.59 bits per heavy atom. The number of anilines is 1. The Morgan fingerprint density at radius 1 is 1.12 bits per heavy atom. The topological polar surface area (TPSA) is 136 Å². The first-order valence-corrected chi connectivity index (χ1v) is 13.9. The highest BCUT2D eigenvalue weighted by molar-refractivity contribution is 9.10. The van der Waals surface area contributed by atoms with Crippen LogP contribution in [0.1, 0.15) is 41.6 Å². The average Bonchev–Trinajstić information content (AvgIpc) is 3.38. The molecule has 1 saturated carbocycles. The van der Waals surface area contributed by atoms with Crippen LogP contribution in [0.4, 0.5) is 10.2 Å². The molecule has 0 unspecified atom stereocenters. The number of likely N-dealkylation sites (tertiary alicyclic amines) is 1. The maximum atomic E-state index is 14.1. The SMILES string of the molecule is CC(=O)c1nn(CC(=O)N2[C@H]3C[C@@]3(CF)C[C@H]2C(=O)Nc2nc(Br)ccc2C)c2cnc(-c3cnc(C)nc3)cc12. The second-order valence-electron chi connectivity index (χ2n) is 10.7. The zero-order chi connectivity index (χ0) is 29.1. The summed E-state index contributed by atoms with van der Waals surface area (Å²) >= 11 is 3.31. The Morgan fingerprint density at radius 2 is 1.88 bits per heavy atom. The first-order chi connectivity index (χ1) is 19.6. The van der Waals surface area contributed by atoms with Crippen LogP contribution in [-0.4, -0.2) is 71.0 Å². The number of amides is 2. The summed E-state index contributed by atoms with van der Waals surface area (Å²) in [5.74, 6) is -0.0926. The van der Waals surface area contributed by atoms with Crippen molar-refractivity contribution in [3.63, 3.8) is 0 Å². The van der Waals surface area contributed by atoms with Gasteiger partial charge in [-0.15, -0.1) is 0 Å². The van der Waals surface area contributed by atoms with Gasteiger partial charge in [0.05, 0.1) is 24.1 Å². The fourth-order valence-corrected chi connectivity index (χ4v) is 5.89. The average molecular weight is 621 g/mol. The van der Waals surface area contributed by atoms with Gasteiger partial charge in [-0.1, -0.05) is 6.07 Å².